The van der Waals surface area contributed by atoms with Crippen LogP contribution in [0.5, 0.6) is 5.75 Å². The van der Waals surface area contributed by atoms with E-state index in [9.17, 15) is 15.2 Å². The van der Waals surface area contributed by atoms with Crippen molar-refractivity contribution in [3.05, 3.63) is 32.3 Å². The van der Waals surface area contributed by atoms with Crippen LogP contribution >= 0.6 is 11.6 Å². The Bertz CT molecular complexity index is 350. The summed E-state index contributed by atoms with van der Waals surface area (Å²) in [5, 5.41) is 20.2. The molecule has 0 saturated carbocycles. The molecule has 0 aliphatic heterocycles. The third-order valence-electron chi connectivity index (χ3n) is 1.84. The molecule has 0 radical (unpaired) electrons. The Morgan fingerprint density at radius 2 is 2.08 bits per heavy atom. The highest BCUT2D eigenvalue weighted by Gasteiger charge is 2.21. The fraction of sp³-hybridized carbons (Fsp3) is 0.250. The maximum Gasteiger partial charge on any atom is 0.315 e. The van der Waals surface area contributed by atoms with Gasteiger partial charge in [0.15, 0.2) is 5.75 Å². The number of nitro benzene ring substituents is 1. The molecule has 1 N–H and O–H groups in total. The van der Waals surface area contributed by atoms with Gasteiger partial charge in [-0.3, -0.25) is 10.1 Å². The van der Waals surface area contributed by atoms with E-state index in [1.54, 1.807) is 6.92 Å². The molecule has 0 fully saturated rings. The van der Waals surface area contributed by atoms with E-state index in [1.165, 1.54) is 13.0 Å². The molecule has 0 spiro atoms. The van der Waals surface area contributed by atoms with Crippen LogP contribution in [0.1, 0.15) is 11.1 Å². The fourth-order valence-electron chi connectivity index (χ4n) is 1.07. The number of phenols is 1. The Kier molecular flexibility index (Phi) is 2.43. The molecule has 13 heavy (non-hydrogen) atoms. The molecule has 0 amide bonds. The van der Waals surface area contributed by atoms with Crippen LogP contribution in [0.4, 0.5) is 5.69 Å². The smallest absolute Gasteiger partial charge is 0.315 e. The molecule has 0 unspecified atom stereocenters. The van der Waals surface area contributed by atoms with E-state index in [1.807, 2.05) is 0 Å². The molecular weight excluding hydrogens is 194 g/mol. The minimum atomic E-state index is -0.635. The van der Waals surface area contributed by atoms with Crippen LogP contribution in [0.15, 0.2) is 6.07 Å². The number of aryl methyl sites for hydroxylation is 1. The zero-order chi connectivity index (χ0) is 10.2. The summed E-state index contributed by atoms with van der Waals surface area (Å²) in [5.74, 6) is -0.313. The number of nitro groups is 1. The molecule has 5 heteroatoms. The summed E-state index contributed by atoms with van der Waals surface area (Å²) < 4.78 is 0. The van der Waals surface area contributed by atoms with E-state index in [2.05, 4.69) is 0 Å². The summed E-state index contributed by atoms with van der Waals surface area (Å²) in [6.07, 6.45) is 0. The lowest BCUT2D eigenvalue weighted by atomic mass is 10.1. The zero-order valence-corrected chi connectivity index (χ0v) is 7.92. The van der Waals surface area contributed by atoms with Gasteiger partial charge in [0.1, 0.15) is 0 Å². The molecule has 1 rings (SSSR count). The van der Waals surface area contributed by atoms with Crippen molar-refractivity contribution in [2.24, 2.45) is 0 Å². The number of hydrogen-bond acceptors (Lipinski definition) is 3. The van der Waals surface area contributed by atoms with Gasteiger partial charge in [-0.2, -0.15) is 0 Å². The van der Waals surface area contributed by atoms with Crippen LogP contribution in [-0.2, 0) is 0 Å². The van der Waals surface area contributed by atoms with Crippen molar-refractivity contribution in [3.63, 3.8) is 0 Å². The van der Waals surface area contributed by atoms with Crippen LogP contribution in [0.3, 0.4) is 0 Å². The average Bonchev–Trinajstić information content (AvgIpc) is 2.01. The molecule has 0 saturated heterocycles. The lowest BCUT2D eigenvalue weighted by molar-refractivity contribution is -0.386. The molecule has 1 aromatic rings. The SMILES string of the molecule is Cc1cc(Cl)c(C)c([N+](=O)[O-])c1O. The van der Waals surface area contributed by atoms with Crippen molar-refractivity contribution in [1.82, 2.24) is 0 Å². The monoisotopic (exact) mass is 201 g/mol. The minimum Gasteiger partial charge on any atom is -0.502 e. The van der Waals surface area contributed by atoms with Crippen molar-refractivity contribution in [3.8, 4) is 5.75 Å². The topological polar surface area (TPSA) is 63.4 Å². The van der Waals surface area contributed by atoms with E-state index < -0.39 is 4.92 Å². The number of rotatable bonds is 1. The van der Waals surface area contributed by atoms with Crippen molar-refractivity contribution in [2.45, 2.75) is 13.8 Å². The highest BCUT2D eigenvalue weighted by atomic mass is 35.5. The molecule has 0 heterocycles. The van der Waals surface area contributed by atoms with Gasteiger partial charge in [-0.25, -0.2) is 0 Å². The molecule has 0 atom stereocenters. The summed E-state index contributed by atoms with van der Waals surface area (Å²) in [6, 6.07) is 1.50. The summed E-state index contributed by atoms with van der Waals surface area (Å²) in [7, 11) is 0. The van der Waals surface area contributed by atoms with Gasteiger partial charge in [0, 0.05) is 5.56 Å². The highest BCUT2D eigenvalue weighted by Crippen LogP contribution is 2.36. The standard InChI is InChI=1S/C8H8ClNO3/c1-4-3-6(9)5(2)7(8(4)11)10(12)13/h3,11H,1-2H3. The van der Waals surface area contributed by atoms with E-state index >= 15 is 0 Å². The van der Waals surface area contributed by atoms with Gasteiger partial charge in [-0.15, -0.1) is 0 Å². The number of nitrogens with zero attached hydrogens (tertiary/aromatic N) is 1. The third kappa shape index (κ3) is 1.58. The fourth-order valence-corrected chi connectivity index (χ4v) is 1.32. The normalized spacial score (nSPS) is 10.1. The predicted octanol–water partition coefficient (Wildman–Crippen LogP) is 2.57. The van der Waals surface area contributed by atoms with Crippen LogP contribution in [-0.4, -0.2) is 10.0 Å². The van der Waals surface area contributed by atoms with Gasteiger partial charge in [0.2, 0.25) is 0 Å². The highest BCUT2D eigenvalue weighted by molar-refractivity contribution is 6.31. The van der Waals surface area contributed by atoms with Gasteiger partial charge in [0.25, 0.3) is 0 Å². The van der Waals surface area contributed by atoms with Crippen LogP contribution in [0, 0.1) is 24.0 Å². The molecule has 1 aromatic carbocycles. The second kappa shape index (κ2) is 3.22. The van der Waals surface area contributed by atoms with Crippen molar-refractivity contribution in [1.29, 1.82) is 0 Å². The van der Waals surface area contributed by atoms with Gasteiger partial charge < -0.3 is 5.11 Å². The third-order valence-corrected chi connectivity index (χ3v) is 2.23. The van der Waals surface area contributed by atoms with Crippen molar-refractivity contribution < 1.29 is 10.0 Å². The second-order valence-corrected chi connectivity index (χ2v) is 3.16. The van der Waals surface area contributed by atoms with E-state index in [4.69, 9.17) is 11.6 Å². The van der Waals surface area contributed by atoms with Crippen molar-refractivity contribution in [2.75, 3.05) is 0 Å². The molecule has 4 nitrogen and oxygen atoms in total. The zero-order valence-electron chi connectivity index (χ0n) is 7.17. The summed E-state index contributed by atoms with van der Waals surface area (Å²) in [5.41, 5.74) is 0.377. The molecule has 0 aliphatic carbocycles. The van der Waals surface area contributed by atoms with Crippen LogP contribution < -0.4 is 0 Å². The number of halogens is 1. The van der Waals surface area contributed by atoms with Crippen LogP contribution in [0.2, 0.25) is 5.02 Å². The van der Waals surface area contributed by atoms with Crippen molar-refractivity contribution >= 4 is 17.3 Å². The molecule has 0 aliphatic rings. The first-order valence-electron chi connectivity index (χ1n) is 3.58. The summed E-state index contributed by atoms with van der Waals surface area (Å²) in [6.45, 7) is 3.06. The lowest BCUT2D eigenvalue weighted by Crippen LogP contribution is -1.94. The van der Waals surface area contributed by atoms with Gasteiger partial charge in [0.05, 0.1) is 9.95 Å². The first kappa shape index (κ1) is 9.80. The quantitative estimate of drug-likeness (QED) is 0.561. The number of phenolic OH excluding ortho intramolecular Hbond substituents is 1. The molecular formula is C8H8ClNO3. The lowest BCUT2D eigenvalue weighted by Gasteiger charge is -2.04. The average molecular weight is 202 g/mol. The van der Waals surface area contributed by atoms with Gasteiger partial charge >= 0.3 is 5.69 Å². The Hall–Kier alpha value is -1.29. The number of aromatic hydroxyl groups is 1. The number of benzene rings is 1. The Morgan fingerprint density at radius 3 is 2.54 bits per heavy atom. The molecule has 0 bridgehead atoms. The first-order valence-corrected chi connectivity index (χ1v) is 3.96. The molecule has 70 valence electrons. The van der Waals surface area contributed by atoms with Gasteiger partial charge in [-0.05, 0) is 25.5 Å². The minimum absolute atomic E-state index is 0.287. The predicted molar refractivity (Wildman–Crippen MR) is 49.2 cm³/mol. The Morgan fingerprint density at radius 1 is 1.54 bits per heavy atom. The maximum atomic E-state index is 10.5. The van der Waals surface area contributed by atoms with E-state index in [0.717, 1.165) is 0 Å². The summed E-state index contributed by atoms with van der Waals surface area (Å²) in [4.78, 5) is 9.90. The Balaban J connectivity index is 3.56. The maximum absolute atomic E-state index is 10.5. The Labute approximate surface area is 79.9 Å². The van der Waals surface area contributed by atoms with Crippen LogP contribution in [0.25, 0.3) is 0 Å². The van der Waals surface area contributed by atoms with E-state index in [0.29, 0.717) is 10.6 Å². The largest absolute Gasteiger partial charge is 0.502 e. The molecule has 0 aromatic heterocycles. The first-order chi connectivity index (χ1) is 5.95. The van der Waals surface area contributed by atoms with E-state index in [-0.39, 0.29) is 17.0 Å². The van der Waals surface area contributed by atoms with Gasteiger partial charge in [-0.1, -0.05) is 11.6 Å². The number of hydrogen-bond donors (Lipinski definition) is 1. The summed E-state index contributed by atoms with van der Waals surface area (Å²) >= 11 is 5.72. The second-order valence-electron chi connectivity index (χ2n) is 2.75.